The number of benzene rings is 1. The first kappa shape index (κ1) is 7.86. The Kier molecular flexibility index (Phi) is 1.77. The molecule has 0 aliphatic rings. The van der Waals surface area contributed by atoms with Crippen molar-refractivity contribution in [3.8, 4) is 11.3 Å². The zero-order valence-corrected chi connectivity index (χ0v) is 7.41. The van der Waals surface area contributed by atoms with E-state index in [-0.39, 0.29) is 0 Å². The predicted octanol–water partition coefficient (Wildman–Crippen LogP) is 1.97. The number of anilines is 1. The summed E-state index contributed by atoms with van der Waals surface area (Å²) < 4.78 is 0. The van der Waals surface area contributed by atoms with Gasteiger partial charge in [-0.05, 0) is 13.0 Å². The van der Waals surface area contributed by atoms with Gasteiger partial charge in [-0.25, -0.2) is 4.98 Å². The van der Waals surface area contributed by atoms with Gasteiger partial charge in [0, 0.05) is 5.56 Å². The highest BCUT2D eigenvalue weighted by Gasteiger charge is 2.03. The summed E-state index contributed by atoms with van der Waals surface area (Å²) >= 11 is 0. The quantitative estimate of drug-likeness (QED) is 0.692. The number of aromatic amines is 1. The van der Waals surface area contributed by atoms with Crippen molar-refractivity contribution < 1.29 is 0 Å². The van der Waals surface area contributed by atoms with Gasteiger partial charge < -0.3 is 10.7 Å². The Bertz CT molecular complexity index is 418. The van der Waals surface area contributed by atoms with Crippen molar-refractivity contribution in [3.63, 3.8) is 0 Å². The minimum atomic E-state index is 0.547. The first-order valence-corrected chi connectivity index (χ1v) is 4.13. The zero-order valence-electron chi connectivity index (χ0n) is 7.41. The Morgan fingerprint density at radius 2 is 2.23 bits per heavy atom. The van der Waals surface area contributed by atoms with Gasteiger partial charge in [-0.3, -0.25) is 0 Å². The van der Waals surface area contributed by atoms with Gasteiger partial charge in [0.05, 0.1) is 12.0 Å². The van der Waals surface area contributed by atoms with Crippen LogP contribution in [0.3, 0.4) is 0 Å². The molecule has 0 unspecified atom stereocenters. The van der Waals surface area contributed by atoms with Gasteiger partial charge >= 0.3 is 0 Å². The van der Waals surface area contributed by atoms with Crippen LogP contribution in [0, 0.1) is 6.92 Å². The van der Waals surface area contributed by atoms with Crippen LogP contribution in [-0.2, 0) is 0 Å². The van der Waals surface area contributed by atoms with E-state index in [9.17, 15) is 0 Å². The SMILES string of the molecule is Cc1cccc(-c2[nH]cnc2N)c1. The molecule has 1 aromatic heterocycles. The van der Waals surface area contributed by atoms with Gasteiger partial charge in [0.2, 0.25) is 0 Å². The number of nitrogens with two attached hydrogens (primary N) is 1. The van der Waals surface area contributed by atoms with Gasteiger partial charge in [-0.1, -0.05) is 23.8 Å². The largest absolute Gasteiger partial charge is 0.382 e. The summed E-state index contributed by atoms with van der Waals surface area (Å²) in [6.45, 7) is 2.05. The highest BCUT2D eigenvalue weighted by atomic mass is 15.0. The number of aryl methyl sites for hydroxylation is 1. The zero-order chi connectivity index (χ0) is 9.26. The van der Waals surface area contributed by atoms with Crippen LogP contribution >= 0.6 is 0 Å². The smallest absolute Gasteiger partial charge is 0.149 e. The lowest BCUT2D eigenvalue weighted by atomic mass is 10.1. The van der Waals surface area contributed by atoms with Crippen molar-refractivity contribution in [2.75, 3.05) is 5.73 Å². The Hall–Kier alpha value is -1.77. The van der Waals surface area contributed by atoms with Gasteiger partial charge in [-0.15, -0.1) is 0 Å². The van der Waals surface area contributed by atoms with E-state index < -0.39 is 0 Å². The van der Waals surface area contributed by atoms with Crippen LogP contribution in [-0.4, -0.2) is 9.97 Å². The lowest BCUT2D eigenvalue weighted by Gasteiger charge is -1.99. The summed E-state index contributed by atoms with van der Waals surface area (Å²) in [4.78, 5) is 6.96. The summed E-state index contributed by atoms with van der Waals surface area (Å²) in [5.74, 6) is 0.547. The fourth-order valence-electron chi connectivity index (χ4n) is 1.34. The van der Waals surface area contributed by atoms with Crippen LogP contribution in [0.4, 0.5) is 5.82 Å². The maximum absolute atomic E-state index is 5.68. The van der Waals surface area contributed by atoms with E-state index in [1.807, 2.05) is 12.1 Å². The number of H-pyrrole nitrogens is 1. The summed E-state index contributed by atoms with van der Waals surface area (Å²) in [5.41, 5.74) is 8.87. The Morgan fingerprint density at radius 3 is 2.85 bits per heavy atom. The Labute approximate surface area is 76.6 Å². The maximum atomic E-state index is 5.68. The number of nitrogens with zero attached hydrogens (tertiary/aromatic N) is 1. The molecule has 1 aromatic carbocycles. The van der Waals surface area contributed by atoms with Crippen molar-refractivity contribution in [1.82, 2.24) is 9.97 Å². The van der Waals surface area contributed by atoms with E-state index in [1.54, 1.807) is 6.33 Å². The number of nitrogen functional groups attached to an aromatic ring is 1. The highest BCUT2D eigenvalue weighted by molar-refractivity contribution is 5.70. The topological polar surface area (TPSA) is 54.7 Å². The number of nitrogens with one attached hydrogen (secondary N) is 1. The molecule has 2 rings (SSSR count). The van der Waals surface area contributed by atoms with Crippen LogP contribution in [0.2, 0.25) is 0 Å². The van der Waals surface area contributed by atoms with Gasteiger partial charge in [-0.2, -0.15) is 0 Å². The number of aromatic nitrogens is 2. The van der Waals surface area contributed by atoms with Crippen LogP contribution in [0.25, 0.3) is 11.3 Å². The average molecular weight is 173 g/mol. The molecular weight excluding hydrogens is 162 g/mol. The van der Waals surface area contributed by atoms with Crippen molar-refractivity contribution in [2.24, 2.45) is 0 Å². The van der Waals surface area contributed by atoms with E-state index in [0.717, 1.165) is 11.3 Å². The fourth-order valence-corrected chi connectivity index (χ4v) is 1.34. The molecule has 0 spiro atoms. The van der Waals surface area contributed by atoms with Crippen molar-refractivity contribution >= 4 is 5.82 Å². The summed E-state index contributed by atoms with van der Waals surface area (Å²) in [6, 6.07) is 8.14. The van der Waals surface area contributed by atoms with Crippen LogP contribution in [0.15, 0.2) is 30.6 Å². The monoisotopic (exact) mass is 173 g/mol. The summed E-state index contributed by atoms with van der Waals surface area (Å²) in [7, 11) is 0. The molecule has 0 bridgehead atoms. The lowest BCUT2D eigenvalue weighted by Crippen LogP contribution is -1.88. The van der Waals surface area contributed by atoms with E-state index in [2.05, 4.69) is 29.0 Å². The standard InChI is InChI=1S/C10H11N3/c1-7-3-2-4-8(5-7)9-10(11)13-6-12-9/h2-6H,11H2,1H3,(H,12,13). The molecule has 1 heterocycles. The van der Waals surface area contributed by atoms with Gasteiger partial charge in [0.15, 0.2) is 0 Å². The average Bonchev–Trinajstić information content (AvgIpc) is 2.51. The third kappa shape index (κ3) is 1.40. The second kappa shape index (κ2) is 2.94. The number of hydrogen-bond donors (Lipinski definition) is 2. The molecule has 0 saturated heterocycles. The molecule has 0 aliphatic carbocycles. The maximum Gasteiger partial charge on any atom is 0.149 e. The van der Waals surface area contributed by atoms with Crippen molar-refractivity contribution in [3.05, 3.63) is 36.2 Å². The van der Waals surface area contributed by atoms with Crippen LogP contribution < -0.4 is 5.73 Å². The van der Waals surface area contributed by atoms with E-state index in [0.29, 0.717) is 5.82 Å². The van der Waals surface area contributed by atoms with E-state index in [4.69, 9.17) is 5.73 Å². The molecule has 66 valence electrons. The molecule has 3 N–H and O–H groups in total. The lowest BCUT2D eigenvalue weighted by molar-refractivity contribution is 1.31. The molecule has 0 amide bonds. The van der Waals surface area contributed by atoms with Gasteiger partial charge in [0.1, 0.15) is 5.82 Å². The van der Waals surface area contributed by atoms with E-state index in [1.165, 1.54) is 5.56 Å². The molecule has 3 nitrogen and oxygen atoms in total. The van der Waals surface area contributed by atoms with Crippen LogP contribution in [0.5, 0.6) is 0 Å². The van der Waals surface area contributed by atoms with Crippen molar-refractivity contribution in [2.45, 2.75) is 6.92 Å². The van der Waals surface area contributed by atoms with Crippen molar-refractivity contribution in [1.29, 1.82) is 0 Å². The fraction of sp³-hybridized carbons (Fsp3) is 0.100. The third-order valence-electron chi connectivity index (χ3n) is 1.98. The number of imidazole rings is 1. The summed E-state index contributed by atoms with van der Waals surface area (Å²) in [5, 5.41) is 0. The molecule has 0 radical (unpaired) electrons. The molecule has 0 atom stereocenters. The summed E-state index contributed by atoms with van der Waals surface area (Å²) in [6.07, 6.45) is 1.60. The highest BCUT2D eigenvalue weighted by Crippen LogP contribution is 2.22. The Balaban J connectivity index is 2.53. The minimum absolute atomic E-state index is 0.547. The third-order valence-corrected chi connectivity index (χ3v) is 1.98. The molecule has 0 fully saturated rings. The second-order valence-electron chi connectivity index (χ2n) is 3.03. The molecule has 0 saturated carbocycles. The molecule has 3 heteroatoms. The van der Waals surface area contributed by atoms with Gasteiger partial charge in [0.25, 0.3) is 0 Å². The number of hydrogen-bond acceptors (Lipinski definition) is 2. The number of rotatable bonds is 1. The minimum Gasteiger partial charge on any atom is -0.382 e. The second-order valence-corrected chi connectivity index (χ2v) is 3.03. The molecule has 13 heavy (non-hydrogen) atoms. The Morgan fingerprint density at radius 1 is 1.38 bits per heavy atom. The first-order valence-electron chi connectivity index (χ1n) is 4.13. The molecule has 0 aliphatic heterocycles. The molecular formula is C10H11N3. The molecule has 2 aromatic rings. The van der Waals surface area contributed by atoms with Crippen LogP contribution in [0.1, 0.15) is 5.56 Å². The van der Waals surface area contributed by atoms with E-state index >= 15 is 0 Å². The predicted molar refractivity (Wildman–Crippen MR) is 53.2 cm³/mol. The normalized spacial score (nSPS) is 10.2. The first-order chi connectivity index (χ1) is 6.27.